The van der Waals surface area contributed by atoms with E-state index in [2.05, 4.69) is 0 Å². The summed E-state index contributed by atoms with van der Waals surface area (Å²) in [7, 11) is 0. The van der Waals surface area contributed by atoms with Gasteiger partial charge in [-0.3, -0.25) is 0 Å². The summed E-state index contributed by atoms with van der Waals surface area (Å²) in [5.74, 6) is -1.06. The topological polar surface area (TPSA) is 26.0 Å². The fourth-order valence-electron chi connectivity index (χ4n) is 1.88. The van der Waals surface area contributed by atoms with Gasteiger partial charge >= 0.3 is 0 Å². The molecule has 4 heteroatoms. The number of hydrogen-bond donors (Lipinski definition) is 1. The van der Waals surface area contributed by atoms with Crippen molar-refractivity contribution in [2.45, 2.75) is 35.6 Å². The summed E-state index contributed by atoms with van der Waals surface area (Å²) < 4.78 is 28.1. The average molecular weight is 293 g/mol. The van der Waals surface area contributed by atoms with E-state index >= 15 is 0 Å². The molecule has 20 heavy (non-hydrogen) atoms. The molecule has 0 aliphatic rings. The van der Waals surface area contributed by atoms with Gasteiger partial charge in [0.05, 0.1) is 4.90 Å². The average Bonchev–Trinajstić information content (AvgIpc) is 2.44. The van der Waals surface area contributed by atoms with Crippen molar-refractivity contribution in [1.82, 2.24) is 0 Å². The second kappa shape index (κ2) is 6.86. The molecule has 0 bridgehead atoms. The molecule has 2 aromatic carbocycles. The quantitative estimate of drug-likeness (QED) is 0.884. The van der Waals surface area contributed by atoms with Gasteiger partial charge in [-0.25, -0.2) is 8.78 Å². The lowest BCUT2D eigenvalue weighted by molar-refractivity contribution is 0.533. The molecule has 0 heterocycles. The van der Waals surface area contributed by atoms with Crippen LogP contribution >= 0.6 is 11.8 Å². The Kier molecular flexibility index (Phi) is 5.15. The first-order chi connectivity index (χ1) is 9.60. The summed E-state index contributed by atoms with van der Waals surface area (Å²) in [4.78, 5) is 0.841. The highest BCUT2D eigenvalue weighted by Gasteiger charge is 2.14. The van der Waals surface area contributed by atoms with Crippen LogP contribution in [0.4, 0.5) is 8.78 Å². The highest BCUT2D eigenvalue weighted by atomic mass is 32.2. The van der Waals surface area contributed by atoms with Gasteiger partial charge in [0.2, 0.25) is 0 Å². The van der Waals surface area contributed by atoms with Crippen molar-refractivity contribution in [3.8, 4) is 0 Å². The maximum Gasteiger partial charge on any atom is 0.140 e. The van der Waals surface area contributed by atoms with Crippen LogP contribution in [0, 0.1) is 11.6 Å². The number of nitrogens with two attached hydrogens (primary N) is 1. The molecule has 1 unspecified atom stereocenters. The number of benzene rings is 2. The second-order valence-corrected chi connectivity index (χ2v) is 5.76. The third-order valence-electron chi connectivity index (χ3n) is 3.04. The zero-order valence-electron chi connectivity index (χ0n) is 11.3. The first-order valence-electron chi connectivity index (χ1n) is 6.56. The predicted octanol–water partition coefficient (Wildman–Crippen LogP) is 4.40. The summed E-state index contributed by atoms with van der Waals surface area (Å²) in [6.45, 7) is 1.96. The number of halogens is 2. The molecule has 2 aromatic rings. The summed E-state index contributed by atoms with van der Waals surface area (Å²) in [6, 6.07) is 11.9. The van der Waals surface area contributed by atoms with Crippen LogP contribution < -0.4 is 5.73 Å². The van der Waals surface area contributed by atoms with Gasteiger partial charge in [-0.1, -0.05) is 36.9 Å². The van der Waals surface area contributed by atoms with Gasteiger partial charge in [0.25, 0.3) is 0 Å². The highest BCUT2D eigenvalue weighted by molar-refractivity contribution is 7.99. The molecule has 0 amide bonds. The molecule has 0 aromatic heterocycles. The maximum atomic E-state index is 14.0. The Balaban J connectivity index is 2.23. The molecule has 0 aliphatic carbocycles. The third-order valence-corrected chi connectivity index (χ3v) is 4.15. The van der Waals surface area contributed by atoms with Crippen molar-refractivity contribution in [3.05, 3.63) is 59.7 Å². The van der Waals surface area contributed by atoms with Gasteiger partial charge in [-0.05, 0) is 42.7 Å². The Morgan fingerprint density at radius 1 is 1.10 bits per heavy atom. The fourth-order valence-corrected chi connectivity index (χ4v) is 2.72. The van der Waals surface area contributed by atoms with E-state index in [9.17, 15) is 8.78 Å². The van der Waals surface area contributed by atoms with Crippen LogP contribution in [0.5, 0.6) is 0 Å². The maximum absolute atomic E-state index is 14.0. The van der Waals surface area contributed by atoms with E-state index in [4.69, 9.17) is 5.73 Å². The van der Waals surface area contributed by atoms with E-state index in [1.165, 1.54) is 12.1 Å². The highest BCUT2D eigenvalue weighted by Crippen LogP contribution is 2.32. The van der Waals surface area contributed by atoms with Gasteiger partial charge in [-0.15, -0.1) is 0 Å². The van der Waals surface area contributed by atoms with Crippen LogP contribution in [0.15, 0.2) is 52.3 Å². The van der Waals surface area contributed by atoms with Gasteiger partial charge < -0.3 is 5.73 Å². The molecular weight excluding hydrogens is 276 g/mol. The van der Waals surface area contributed by atoms with Crippen molar-refractivity contribution in [2.75, 3.05) is 0 Å². The van der Waals surface area contributed by atoms with E-state index in [1.807, 2.05) is 37.3 Å². The van der Waals surface area contributed by atoms with Crippen molar-refractivity contribution < 1.29 is 8.78 Å². The van der Waals surface area contributed by atoms with Crippen molar-refractivity contribution in [3.63, 3.8) is 0 Å². The largest absolute Gasteiger partial charge is 0.327 e. The molecule has 0 aliphatic heterocycles. The van der Waals surface area contributed by atoms with E-state index in [0.29, 0.717) is 12.0 Å². The Bertz CT molecular complexity index is 549. The summed E-state index contributed by atoms with van der Waals surface area (Å²) >= 11 is 1.09. The number of rotatable bonds is 5. The Morgan fingerprint density at radius 2 is 1.70 bits per heavy atom. The van der Waals surface area contributed by atoms with Crippen molar-refractivity contribution in [2.24, 2.45) is 5.73 Å². The van der Waals surface area contributed by atoms with Crippen LogP contribution in [0.1, 0.15) is 18.9 Å². The third kappa shape index (κ3) is 3.81. The zero-order chi connectivity index (χ0) is 14.5. The Labute approximate surface area is 122 Å². The predicted molar refractivity (Wildman–Crippen MR) is 78.9 cm³/mol. The van der Waals surface area contributed by atoms with Crippen LogP contribution in [0.2, 0.25) is 0 Å². The normalized spacial score (nSPS) is 12.4. The molecule has 0 radical (unpaired) electrons. The monoisotopic (exact) mass is 293 g/mol. The fraction of sp³-hybridized carbons (Fsp3) is 0.250. The van der Waals surface area contributed by atoms with Gasteiger partial charge in [0, 0.05) is 10.9 Å². The van der Waals surface area contributed by atoms with Crippen molar-refractivity contribution >= 4 is 11.8 Å². The molecule has 0 spiro atoms. The van der Waals surface area contributed by atoms with E-state index in [-0.39, 0.29) is 10.9 Å². The Morgan fingerprint density at radius 3 is 2.25 bits per heavy atom. The summed E-state index contributed by atoms with van der Waals surface area (Å²) in [6.07, 6.45) is 1.27. The standard InChI is InChI=1S/C16H17F2NS/c1-2-12(19)8-11-9-14(17)16(15(18)10-11)20-13-6-4-3-5-7-13/h3-7,9-10,12H,2,8,19H2,1H3. The molecule has 1 atom stereocenters. The minimum atomic E-state index is -0.530. The molecule has 2 rings (SSSR count). The van der Waals surface area contributed by atoms with Gasteiger partial charge in [0.1, 0.15) is 11.6 Å². The lowest BCUT2D eigenvalue weighted by Gasteiger charge is -2.11. The number of hydrogen-bond acceptors (Lipinski definition) is 2. The van der Waals surface area contributed by atoms with Crippen molar-refractivity contribution in [1.29, 1.82) is 0 Å². The van der Waals surface area contributed by atoms with Gasteiger partial charge in [-0.2, -0.15) is 0 Å². The first-order valence-corrected chi connectivity index (χ1v) is 7.38. The zero-order valence-corrected chi connectivity index (χ0v) is 12.1. The van der Waals surface area contributed by atoms with E-state index in [0.717, 1.165) is 23.1 Å². The molecular formula is C16H17F2NS. The molecule has 2 N–H and O–H groups in total. The molecule has 0 fully saturated rings. The second-order valence-electron chi connectivity index (χ2n) is 4.68. The molecule has 0 saturated carbocycles. The SMILES string of the molecule is CCC(N)Cc1cc(F)c(Sc2ccccc2)c(F)c1. The van der Waals surface area contributed by atoms with Crippen LogP contribution in [0.25, 0.3) is 0 Å². The smallest absolute Gasteiger partial charge is 0.140 e. The minimum absolute atomic E-state index is 0.0324. The van der Waals surface area contributed by atoms with Crippen LogP contribution in [-0.2, 0) is 6.42 Å². The molecule has 1 nitrogen and oxygen atoms in total. The van der Waals surface area contributed by atoms with E-state index in [1.54, 1.807) is 0 Å². The Hall–Kier alpha value is -1.39. The van der Waals surface area contributed by atoms with Gasteiger partial charge in [0.15, 0.2) is 0 Å². The van der Waals surface area contributed by atoms with Crippen LogP contribution in [0.3, 0.4) is 0 Å². The molecule has 0 saturated heterocycles. The van der Waals surface area contributed by atoms with Crippen LogP contribution in [-0.4, -0.2) is 6.04 Å². The lowest BCUT2D eigenvalue weighted by Crippen LogP contribution is -2.21. The van der Waals surface area contributed by atoms with E-state index < -0.39 is 11.6 Å². The summed E-state index contributed by atoms with van der Waals surface area (Å²) in [5.41, 5.74) is 6.42. The lowest BCUT2D eigenvalue weighted by atomic mass is 10.0. The first kappa shape index (κ1) is 15.0. The summed E-state index contributed by atoms with van der Waals surface area (Å²) in [5, 5.41) is 0. The minimum Gasteiger partial charge on any atom is -0.327 e. The molecule has 106 valence electrons.